The predicted octanol–water partition coefficient (Wildman–Crippen LogP) is 4.22. The number of hydrogen-bond acceptors (Lipinski definition) is 7. The van der Waals surface area contributed by atoms with Crippen molar-refractivity contribution in [3.63, 3.8) is 0 Å². The highest BCUT2D eigenvalue weighted by molar-refractivity contribution is 5.55. The first-order valence-electron chi connectivity index (χ1n) is 10.4. The van der Waals surface area contributed by atoms with Crippen LogP contribution in [0.25, 0.3) is 11.4 Å². The summed E-state index contributed by atoms with van der Waals surface area (Å²) in [6.45, 7) is 5.52. The molecule has 0 atom stereocenters. The van der Waals surface area contributed by atoms with Gasteiger partial charge in [0.25, 0.3) is 0 Å². The van der Waals surface area contributed by atoms with Crippen LogP contribution >= 0.6 is 0 Å². The van der Waals surface area contributed by atoms with Crippen molar-refractivity contribution in [3.05, 3.63) is 54.1 Å². The molecule has 3 aromatic rings. The summed E-state index contributed by atoms with van der Waals surface area (Å²) in [6, 6.07) is 16.8. The number of nitrogens with one attached hydrogen (secondary N) is 1. The quantitative estimate of drug-likeness (QED) is 0.598. The van der Waals surface area contributed by atoms with E-state index < -0.39 is 0 Å². The van der Waals surface area contributed by atoms with Crippen LogP contribution in [0, 0.1) is 0 Å². The number of benzene rings is 2. The number of nitrogens with zero attached hydrogens (tertiary/aromatic N) is 3. The van der Waals surface area contributed by atoms with E-state index in [1.165, 1.54) is 5.56 Å². The molecule has 1 saturated heterocycles. The third kappa shape index (κ3) is 4.91. The van der Waals surface area contributed by atoms with Crippen LogP contribution in [0.2, 0.25) is 0 Å². The largest absolute Gasteiger partial charge is 0.493 e. The van der Waals surface area contributed by atoms with Crippen LogP contribution in [-0.2, 0) is 6.54 Å². The summed E-state index contributed by atoms with van der Waals surface area (Å²) in [6.07, 6.45) is 2.05. The lowest BCUT2D eigenvalue weighted by Gasteiger charge is -2.32. The number of rotatable bonds is 8. The van der Waals surface area contributed by atoms with Gasteiger partial charge in [-0.15, -0.1) is 0 Å². The molecular weight excluding hydrogens is 380 g/mol. The Morgan fingerprint density at radius 2 is 1.90 bits per heavy atom. The van der Waals surface area contributed by atoms with E-state index in [1.54, 1.807) is 7.11 Å². The maximum atomic E-state index is 5.70. The van der Waals surface area contributed by atoms with Crippen molar-refractivity contribution >= 4 is 6.01 Å². The van der Waals surface area contributed by atoms with Gasteiger partial charge in [0.15, 0.2) is 11.5 Å². The molecule has 0 unspecified atom stereocenters. The fourth-order valence-corrected chi connectivity index (χ4v) is 3.74. The summed E-state index contributed by atoms with van der Waals surface area (Å²) in [5.41, 5.74) is 2.19. The smallest absolute Gasteiger partial charge is 0.322 e. The Bertz CT molecular complexity index is 937. The molecule has 2 aromatic carbocycles. The van der Waals surface area contributed by atoms with E-state index in [-0.39, 0.29) is 0 Å². The van der Waals surface area contributed by atoms with Gasteiger partial charge < -0.3 is 19.3 Å². The van der Waals surface area contributed by atoms with Crippen molar-refractivity contribution in [3.8, 4) is 22.9 Å². The molecule has 30 heavy (non-hydrogen) atoms. The average Bonchev–Trinajstić information content (AvgIpc) is 3.25. The standard InChI is InChI=1S/C23H28N4O3/c1-3-29-21-15-17(9-10-20(21)28-2)16-27-13-11-19(12-14-27)24-23-25-22(26-30-23)18-7-5-4-6-8-18/h4-10,15,19H,3,11-14,16H2,1-2H3,(H,24,25,26). The number of hydrogen-bond donors (Lipinski definition) is 1. The molecule has 7 heteroatoms. The SMILES string of the molecule is CCOc1cc(CN2CCC(Nc3nc(-c4ccccc4)no3)CC2)ccc1OC. The number of methoxy groups -OCH3 is 1. The summed E-state index contributed by atoms with van der Waals surface area (Å²) >= 11 is 0. The van der Waals surface area contributed by atoms with Gasteiger partial charge in [-0.1, -0.05) is 41.6 Å². The molecule has 1 aliphatic heterocycles. The second kappa shape index (κ2) is 9.63. The molecule has 0 aliphatic carbocycles. The van der Waals surface area contributed by atoms with Crippen molar-refractivity contribution in [1.29, 1.82) is 0 Å². The van der Waals surface area contributed by atoms with E-state index in [9.17, 15) is 0 Å². The van der Waals surface area contributed by atoms with E-state index in [0.717, 1.165) is 49.5 Å². The number of anilines is 1. The summed E-state index contributed by atoms with van der Waals surface area (Å²) in [7, 11) is 1.67. The minimum Gasteiger partial charge on any atom is -0.493 e. The minimum atomic E-state index is 0.333. The molecular formula is C23H28N4O3. The minimum absolute atomic E-state index is 0.333. The second-order valence-corrected chi connectivity index (χ2v) is 7.40. The predicted molar refractivity (Wildman–Crippen MR) is 116 cm³/mol. The summed E-state index contributed by atoms with van der Waals surface area (Å²) in [4.78, 5) is 6.93. The normalized spacial score (nSPS) is 15.1. The third-order valence-electron chi connectivity index (χ3n) is 5.31. The molecule has 4 rings (SSSR count). The lowest BCUT2D eigenvalue weighted by Crippen LogP contribution is -2.38. The van der Waals surface area contributed by atoms with Crippen LogP contribution in [0.3, 0.4) is 0 Å². The van der Waals surface area contributed by atoms with E-state index in [2.05, 4.69) is 32.5 Å². The number of aromatic nitrogens is 2. The fraction of sp³-hybridized carbons (Fsp3) is 0.391. The lowest BCUT2D eigenvalue weighted by molar-refractivity contribution is 0.209. The van der Waals surface area contributed by atoms with E-state index >= 15 is 0 Å². The van der Waals surface area contributed by atoms with Crippen LogP contribution < -0.4 is 14.8 Å². The van der Waals surface area contributed by atoms with Gasteiger partial charge in [-0.3, -0.25) is 4.90 Å². The highest BCUT2D eigenvalue weighted by Crippen LogP contribution is 2.29. The Morgan fingerprint density at radius 1 is 1.10 bits per heavy atom. The van der Waals surface area contributed by atoms with E-state index in [1.807, 2.05) is 43.3 Å². The Kier molecular flexibility index (Phi) is 6.49. The zero-order valence-electron chi connectivity index (χ0n) is 17.5. The molecule has 1 N–H and O–H groups in total. The van der Waals surface area contributed by atoms with Gasteiger partial charge in [0.05, 0.1) is 13.7 Å². The van der Waals surface area contributed by atoms with Gasteiger partial charge in [0, 0.05) is 31.2 Å². The number of likely N-dealkylation sites (tertiary alicyclic amines) is 1. The van der Waals surface area contributed by atoms with Gasteiger partial charge in [0.1, 0.15) is 0 Å². The van der Waals surface area contributed by atoms with Crippen LogP contribution in [0.4, 0.5) is 6.01 Å². The number of ether oxygens (including phenoxy) is 2. The van der Waals surface area contributed by atoms with Gasteiger partial charge in [-0.05, 0) is 37.5 Å². The first kappa shape index (κ1) is 20.2. The van der Waals surface area contributed by atoms with Crippen LogP contribution in [0.5, 0.6) is 11.5 Å². The molecule has 158 valence electrons. The second-order valence-electron chi connectivity index (χ2n) is 7.40. The number of piperidine rings is 1. The van der Waals surface area contributed by atoms with Crippen LogP contribution in [-0.4, -0.2) is 47.9 Å². The first-order valence-corrected chi connectivity index (χ1v) is 10.4. The molecule has 1 aromatic heterocycles. The van der Waals surface area contributed by atoms with Gasteiger partial charge >= 0.3 is 6.01 Å². The summed E-state index contributed by atoms with van der Waals surface area (Å²) < 4.78 is 16.5. The molecule has 2 heterocycles. The zero-order valence-corrected chi connectivity index (χ0v) is 17.5. The topological polar surface area (TPSA) is 72.7 Å². The molecule has 7 nitrogen and oxygen atoms in total. The molecule has 0 saturated carbocycles. The molecule has 0 amide bonds. The highest BCUT2D eigenvalue weighted by Gasteiger charge is 2.21. The zero-order chi connectivity index (χ0) is 20.8. The molecule has 0 spiro atoms. The third-order valence-corrected chi connectivity index (χ3v) is 5.31. The van der Waals surface area contributed by atoms with E-state index in [4.69, 9.17) is 14.0 Å². The molecule has 1 fully saturated rings. The summed E-state index contributed by atoms with van der Waals surface area (Å²) in [5, 5.41) is 7.47. The van der Waals surface area contributed by atoms with Crippen LogP contribution in [0.15, 0.2) is 53.1 Å². The van der Waals surface area contributed by atoms with Crippen molar-refractivity contribution in [1.82, 2.24) is 15.0 Å². The maximum absolute atomic E-state index is 5.70. The van der Waals surface area contributed by atoms with Crippen molar-refractivity contribution < 1.29 is 14.0 Å². The van der Waals surface area contributed by atoms with E-state index in [0.29, 0.717) is 24.5 Å². The molecule has 1 aliphatic rings. The Hall–Kier alpha value is -3.06. The Balaban J connectivity index is 1.29. The van der Waals surface area contributed by atoms with Crippen molar-refractivity contribution in [2.45, 2.75) is 32.4 Å². The monoisotopic (exact) mass is 408 g/mol. The fourth-order valence-electron chi connectivity index (χ4n) is 3.74. The lowest BCUT2D eigenvalue weighted by atomic mass is 10.0. The van der Waals surface area contributed by atoms with Gasteiger partial charge in [0.2, 0.25) is 5.82 Å². The maximum Gasteiger partial charge on any atom is 0.322 e. The molecule has 0 radical (unpaired) electrons. The van der Waals surface area contributed by atoms with Crippen molar-refractivity contribution in [2.75, 3.05) is 32.1 Å². The Morgan fingerprint density at radius 3 is 2.63 bits per heavy atom. The molecule has 0 bridgehead atoms. The van der Waals surface area contributed by atoms with Crippen LogP contribution in [0.1, 0.15) is 25.3 Å². The average molecular weight is 409 g/mol. The summed E-state index contributed by atoms with van der Waals surface area (Å²) in [5.74, 6) is 2.19. The Labute approximate surface area is 177 Å². The first-order chi connectivity index (χ1) is 14.7. The van der Waals surface area contributed by atoms with Gasteiger partial charge in [-0.2, -0.15) is 4.98 Å². The highest BCUT2D eigenvalue weighted by atomic mass is 16.5. The van der Waals surface area contributed by atoms with Crippen molar-refractivity contribution in [2.24, 2.45) is 0 Å². The van der Waals surface area contributed by atoms with Gasteiger partial charge in [-0.25, -0.2) is 0 Å².